The zero-order valence-corrected chi connectivity index (χ0v) is 17.0. The average Bonchev–Trinajstić information content (AvgIpc) is 3.20. The Morgan fingerprint density at radius 2 is 1.72 bits per heavy atom. The Kier molecular flexibility index (Phi) is 6.39. The molecule has 0 bridgehead atoms. The van der Waals surface area contributed by atoms with Crippen LogP contribution in [0.1, 0.15) is 40.9 Å². The van der Waals surface area contributed by atoms with Crippen LogP contribution in [-0.4, -0.2) is 54.2 Å². The van der Waals surface area contributed by atoms with Crippen molar-refractivity contribution in [2.24, 2.45) is 0 Å². The van der Waals surface area contributed by atoms with Crippen molar-refractivity contribution in [3.8, 4) is 0 Å². The summed E-state index contributed by atoms with van der Waals surface area (Å²) in [7, 11) is -3.81. The number of carbonyl (C=O) groups is 2. The van der Waals surface area contributed by atoms with Crippen LogP contribution in [-0.2, 0) is 21.4 Å². The first-order valence-corrected chi connectivity index (χ1v) is 10.9. The molecule has 8 nitrogen and oxygen atoms in total. The molecule has 29 heavy (non-hydrogen) atoms. The highest BCUT2D eigenvalue weighted by Crippen LogP contribution is 2.23. The molecular weight excluding hydrogens is 396 g/mol. The number of sulfonamides is 1. The molecule has 0 saturated carbocycles. The van der Waals surface area contributed by atoms with Gasteiger partial charge >= 0.3 is 5.97 Å². The van der Waals surface area contributed by atoms with Gasteiger partial charge in [0, 0.05) is 19.6 Å². The monoisotopic (exact) mass is 420 g/mol. The van der Waals surface area contributed by atoms with E-state index in [4.69, 9.17) is 4.42 Å². The molecule has 3 rings (SSSR count). The molecule has 1 aromatic heterocycles. The summed E-state index contributed by atoms with van der Waals surface area (Å²) in [5, 5.41) is 8.88. The summed E-state index contributed by atoms with van der Waals surface area (Å²) in [6.45, 7) is 2.31. The topological polar surface area (TPSA) is 108 Å². The number of nitrogens with zero attached hydrogens (tertiary/aromatic N) is 2. The van der Waals surface area contributed by atoms with Gasteiger partial charge in [0.05, 0.1) is 0 Å². The van der Waals surface area contributed by atoms with Crippen LogP contribution in [0.3, 0.4) is 0 Å². The van der Waals surface area contributed by atoms with E-state index in [1.54, 1.807) is 0 Å². The maximum Gasteiger partial charge on any atom is 0.323 e. The Labute approximate surface area is 169 Å². The number of aliphatic carboxylic acids is 1. The van der Waals surface area contributed by atoms with Crippen LogP contribution in [0.25, 0.3) is 0 Å². The summed E-state index contributed by atoms with van der Waals surface area (Å²) in [4.78, 5) is 25.2. The van der Waals surface area contributed by atoms with Gasteiger partial charge in [-0.2, -0.15) is 4.31 Å². The molecule has 2 aromatic rings. The minimum atomic E-state index is -3.81. The summed E-state index contributed by atoms with van der Waals surface area (Å²) in [5.41, 5.74) is 1.81. The third-order valence-corrected chi connectivity index (χ3v) is 6.58. The van der Waals surface area contributed by atoms with Crippen molar-refractivity contribution in [2.75, 3.05) is 19.6 Å². The number of furan rings is 1. The van der Waals surface area contributed by atoms with Gasteiger partial charge in [-0.05, 0) is 37.5 Å². The van der Waals surface area contributed by atoms with E-state index in [2.05, 4.69) is 0 Å². The van der Waals surface area contributed by atoms with E-state index in [1.165, 1.54) is 16.4 Å². The molecule has 1 N–H and O–H groups in total. The fraction of sp³-hybridized carbons (Fsp3) is 0.400. The highest BCUT2D eigenvalue weighted by atomic mass is 32.2. The van der Waals surface area contributed by atoms with Gasteiger partial charge in [-0.3, -0.25) is 9.59 Å². The normalized spacial score (nSPS) is 15.2. The lowest BCUT2D eigenvalue weighted by molar-refractivity contribution is -0.137. The van der Waals surface area contributed by atoms with E-state index in [0.29, 0.717) is 13.1 Å². The van der Waals surface area contributed by atoms with Crippen molar-refractivity contribution in [1.82, 2.24) is 9.21 Å². The largest absolute Gasteiger partial charge is 0.480 e. The number of piperidine rings is 1. The summed E-state index contributed by atoms with van der Waals surface area (Å²) in [6.07, 6.45) is 2.56. The van der Waals surface area contributed by atoms with Gasteiger partial charge < -0.3 is 14.4 Å². The molecule has 1 aliphatic rings. The van der Waals surface area contributed by atoms with E-state index in [-0.39, 0.29) is 17.4 Å². The molecular formula is C20H24N2O6S. The Balaban J connectivity index is 1.80. The maximum absolute atomic E-state index is 12.8. The zero-order chi connectivity index (χ0) is 21.0. The van der Waals surface area contributed by atoms with Gasteiger partial charge in [0.25, 0.3) is 15.9 Å². The van der Waals surface area contributed by atoms with Crippen LogP contribution in [0.4, 0.5) is 0 Å². The van der Waals surface area contributed by atoms with Gasteiger partial charge in [-0.1, -0.05) is 36.2 Å². The summed E-state index contributed by atoms with van der Waals surface area (Å²) in [5.74, 6) is -2.04. The van der Waals surface area contributed by atoms with Crippen LogP contribution >= 0.6 is 0 Å². The fourth-order valence-corrected chi connectivity index (χ4v) is 4.67. The minimum absolute atomic E-state index is 0.0698. The second-order valence-electron chi connectivity index (χ2n) is 7.12. The second kappa shape index (κ2) is 8.79. The number of aryl methyl sites for hydroxylation is 1. The van der Waals surface area contributed by atoms with Gasteiger partial charge in [-0.25, -0.2) is 8.42 Å². The number of rotatable bonds is 7. The van der Waals surface area contributed by atoms with Crippen molar-refractivity contribution < 1.29 is 27.5 Å². The smallest absolute Gasteiger partial charge is 0.323 e. The predicted octanol–water partition coefficient (Wildman–Crippen LogP) is 2.49. The van der Waals surface area contributed by atoms with Crippen molar-refractivity contribution in [2.45, 2.75) is 37.8 Å². The zero-order valence-electron chi connectivity index (χ0n) is 16.2. The molecule has 0 unspecified atom stereocenters. The van der Waals surface area contributed by atoms with Gasteiger partial charge in [0.1, 0.15) is 6.54 Å². The molecule has 156 valence electrons. The molecule has 0 aliphatic carbocycles. The molecule has 0 radical (unpaired) electrons. The number of hydrogen-bond acceptors (Lipinski definition) is 5. The number of benzene rings is 1. The Bertz CT molecular complexity index is 975. The first-order valence-electron chi connectivity index (χ1n) is 9.44. The number of carboxylic acids is 1. The van der Waals surface area contributed by atoms with Gasteiger partial charge in [0.2, 0.25) is 5.09 Å². The van der Waals surface area contributed by atoms with Gasteiger partial charge in [0.15, 0.2) is 5.76 Å². The number of carbonyl (C=O) groups excluding carboxylic acids is 1. The summed E-state index contributed by atoms with van der Waals surface area (Å²) < 4.78 is 32.1. The molecule has 1 aromatic carbocycles. The van der Waals surface area contributed by atoms with Crippen LogP contribution in [0.5, 0.6) is 0 Å². The Hall–Kier alpha value is -2.65. The van der Waals surface area contributed by atoms with Gasteiger partial charge in [-0.15, -0.1) is 0 Å². The highest BCUT2D eigenvalue weighted by Gasteiger charge is 2.30. The van der Waals surface area contributed by atoms with Crippen LogP contribution in [0.2, 0.25) is 0 Å². The maximum atomic E-state index is 12.8. The molecule has 1 fully saturated rings. The van der Waals surface area contributed by atoms with Crippen molar-refractivity contribution in [1.29, 1.82) is 0 Å². The lowest BCUT2D eigenvalue weighted by Gasteiger charge is -2.24. The van der Waals surface area contributed by atoms with Crippen LogP contribution in [0.15, 0.2) is 45.9 Å². The van der Waals surface area contributed by atoms with E-state index in [0.717, 1.165) is 35.3 Å². The molecule has 1 amide bonds. The molecule has 1 saturated heterocycles. The summed E-state index contributed by atoms with van der Waals surface area (Å²) in [6, 6.07) is 9.90. The fourth-order valence-electron chi connectivity index (χ4n) is 3.24. The number of amides is 1. The standard InChI is InChI=1S/C20H24N2O6S/c1-15-5-7-16(8-6-15)13-21(14-18(23)24)20(25)17-9-10-19(28-17)29(26,27)22-11-3-2-4-12-22/h5-10H,2-4,11-14H2,1H3,(H,23,24). The minimum Gasteiger partial charge on any atom is -0.480 e. The third-order valence-electron chi connectivity index (χ3n) is 4.81. The van der Waals surface area contributed by atoms with E-state index >= 15 is 0 Å². The second-order valence-corrected chi connectivity index (χ2v) is 8.99. The molecule has 9 heteroatoms. The van der Waals surface area contributed by atoms with Crippen molar-refractivity contribution >= 4 is 21.9 Å². The first kappa shape index (κ1) is 21.1. The Morgan fingerprint density at radius 1 is 1.07 bits per heavy atom. The molecule has 1 aliphatic heterocycles. The third kappa shape index (κ3) is 5.04. The van der Waals surface area contributed by atoms with E-state index < -0.39 is 28.4 Å². The SMILES string of the molecule is Cc1ccc(CN(CC(=O)O)C(=O)c2ccc(S(=O)(=O)N3CCCCC3)o2)cc1. The molecule has 2 heterocycles. The summed E-state index contributed by atoms with van der Waals surface area (Å²) >= 11 is 0. The first-order chi connectivity index (χ1) is 13.8. The lowest BCUT2D eigenvalue weighted by atomic mass is 10.1. The molecule has 0 spiro atoms. The Morgan fingerprint density at radius 3 is 2.34 bits per heavy atom. The highest BCUT2D eigenvalue weighted by molar-refractivity contribution is 7.89. The average molecular weight is 420 g/mol. The van der Waals surface area contributed by atoms with Crippen molar-refractivity contribution in [3.05, 3.63) is 53.3 Å². The molecule has 0 atom stereocenters. The lowest BCUT2D eigenvalue weighted by Crippen LogP contribution is -2.36. The predicted molar refractivity (Wildman–Crippen MR) is 105 cm³/mol. The number of hydrogen-bond donors (Lipinski definition) is 1. The van der Waals surface area contributed by atoms with Crippen LogP contribution in [0, 0.1) is 6.92 Å². The van der Waals surface area contributed by atoms with Crippen molar-refractivity contribution in [3.63, 3.8) is 0 Å². The van der Waals surface area contributed by atoms with Crippen LogP contribution < -0.4 is 0 Å². The number of carboxylic acid groups (broad SMARTS) is 1. The quantitative estimate of drug-likeness (QED) is 0.737. The van der Waals surface area contributed by atoms with E-state index in [9.17, 15) is 23.1 Å². The van der Waals surface area contributed by atoms with E-state index in [1.807, 2.05) is 31.2 Å².